The average Bonchev–Trinajstić information content (AvgIpc) is 3.19. The van der Waals surface area contributed by atoms with Gasteiger partial charge in [0, 0.05) is 43.1 Å². The number of primary amides is 1. The summed E-state index contributed by atoms with van der Waals surface area (Å²) < 4.78 is 0. The second kappa shape index (κ2) is 26.8. The standard InChI is InChI=1S/C42H72N12O11S2/c1-21(30-27(55)17-41(5,6)18-28(30)56)47-14-10-9-12-23(49-32(58)22(43)19-66)33(59)50-24(13-11-15-48-39(45)46)36(62)54-42(7,8)38(65)52-25(16-29(44)57)34(60)51-26(20-67)35(61)53-31(37(63)64)40(2,3)4/h22-26,31,55,66-67H,9-20,43H2,1-8H3,(H2,44,57)(H,49,58)(H,50,59)(H,51,60)(H,52,65)(H,53,61)(H,54,62)(H,63,64)(H4,45,46,48)/t22-,23-,24-,25-,26-,31+/m0/s1. The average molecular weight is 985 g/mol. The highest BCUT2D eigenvalue weighted by molar-refractivity contribution is 7.80. The molecule has 0 aromatic rings. The van der Waals surface area contributed by atoms with E-state index < -0.39 is 101 Å². The Hall–Kier alpha value is -5.43. The molecule has 23 nitrogen and oxygen atoms in total. The first-order valence-corrected chi connectivity index (χ1v) is 23.0. The van der Waals surface area contributed by atoms with Gasteiger partial charge in [0.05, 0.1) is 18.0 Å². The summed E-state index contributed by atoms with van der Waals surface area (Å²) in [5.74, 6) is -8.46. The third kappa shape index (κ3) is 20.5. The second-order valence-corrected chi connectivity index (χ2v) is 19.5. The Kier molecular flexibility index (Phi) is 23.8. The lowest BCUT2D eigenvalue weighted by Gasteiger charge is -2.31. The van der Waals surface area contributed by atoms with E-state index in [4.69, 9.17) is 22.9 Å². The number of nitrogens with one attached hydrogen (secondary N) is 6. The molecule has 0 fully saturated rings. The van der Waals surface area contributed by atoms with E-state index in [1.54, 1.807) is 27.7 Å². The van der Waals surface area contributed by atoms with Gasteiger partial charge in [-0.15, -0.1) is 0 Å². The molecule has 0 saturated carbocycles. The molecule has 0 radical (unpaired) electrons. The van der Waals surface area contributed by atoms with Gasteiger partial charge in [-0.05, 0) is 63.7 Å². The fraction of sp³-hybridized carbons (Fsp3) is 0.690. The van der Waals surface area contributed by atoms with Crippen LogP contribution >= 0.6 is 25.3 Å². The lowest BCUT2D eigenvalue weighted by molar-refractivity contribution is -0.145. The molecular formula is C42H72N12O11S2. The molecule has 0 saturated heterocycles. The molecule has 378 valence electrons. The van der Waals surface area contributed by atoms with Crippen molar-refractivity contribution in [2.45, 2.75) is 149 Å². The van der Waals surface area contributed by atoms with E-state index in [0.29, 0.717) is 25.0 Å². The van der Waals surface area contributed by atoms with Crippen molar-refractivity contribution in [1.29, 1.82) is 0 Å². The molecule has 16 N–H and O–H groups in total. The van der Waals surface area contributed by atoms with Gasteiger partial charge in [0.25, 0.3) is 0 Å². The summed E-state index contributed by atoms with van der Waals surface area (Å²) in [4.78, 5) is 126. The van der Waals surface area contributed by atoms with Crippen LogP contribution in [0.25, 0.3) is 0 Å². The van der Waals surface area contributed by atoms with E-state index in [2.05, 4.69) is 67.1 Å². The largest absolute Gasteiger partial charge is 0.511 e. The summed E-state index contributed by atoms with van der Waals surface area (Å²) in [5.41, 5.74) is 19.6. The molecule has 0 aromatic heterocycles. The zero-order chi connectivity index (χ0) is 51.6. The highest BCUT2D eigenvalue weighted by Gasteiger charge is 2.39. The molecule has 0 aromatic carbocycles. The van der Waals surface area contributed by atoms with Crippen molar-refractivity contribution < 1.29 is 53.4 Å². The topological polar surface area (TPSA) is 395 Å². The number of aliphatic imine (C=N–C) groups is 2. The molecule has 0 spiro atoms. The Bertz CT molecular complexity index is 1930. The van der Waals surface area contributed by atoms with Crippen LogP contribution in [0.15, 0.2) is 21.3 Å². The summed E-state index contributed by atoms with van der Waals surface area (Å²) in [5, 5.41) is 35.0. The van der Waals surface area contributed by atoms with Crippen molar-refractivity contribution in [3.8, 4) is 0 Å². The Morgan fingerprint density at radius 2 is 1.24 bits per heavy atom. The van der Waals surface area contributed by atoms with Crippen molar-refractivity contribution in [3.05, 3.63) is 11.3 Å². The van der Waals surface area contributed by atoms with Gasteiger partial charge >= 0.3 is 5.97 Å². The van der Waals surface area contributed by atoms with Gasteiger partial charge in [-0.2, -0.15) is 25.3 Å². The van der Waals surface area contributed by atoms with Crippen LogP contribution in [0.2, 0.25) is 0 Å². The van der Waals surface area contributed by atoms with Crippen molar-refractivity contribution in [2.75, 3.05) is 24.6 Å². The van der Waals surface area contributed by atoms with Gasteiger partial charge in [0.15, 0.2) is 11.7 Å². The minimum absolute atomic E-state index is 0.0184. The predicted molar refractivity (Wildman–Crippen MR) is 258 cm³/mol. The molecular weight excluding hydrogens is 913 g/mol. The van der Waals surface area contributed by atoms with E-state index in [1.165, 1.54) is 13.8 Å². The number of carbonyl (C=O) groups is 9. The van der Waals surface area contributed by atoms with Gasteiger partial charge in [0.2, 0.25) is 41.4 Å². The Morgan fingerprint density at radius 1 is 0.716 bits per heavy atom. The first-order valence-electron chi connectivity index (χ1n) is 21.7. The molecule has 25 heteroatoms. The van der Waals surface area contributed by atoms with Gasteiger partial charge in [-0.25, -0.2) is 4.79 Å². The predicted octanol–water partition coefficient (Wildman–Crippen LogP) is -1.62. The zero-order valence-corrected chi connectivity index (χ0v) is 41.4. The lowest BCUT2D eigenvalue weighted by atomic mass is 9.76. The number of thiol groups is 2. The number of Topliss-reactive ketones (excluding diaryl/α,β-unsaturated/α-hetero) is 1. The fourth-order valence-corrected chi connectivity index (χ4v) is 7.14. The van der Waals surface area contributed by atoms with Crippen LogP contribution in [0.1, 0.15) is 107 Å². The quantitative estimate of drug-likeness (QED) is 0.0191. The molecule has 0 heterocycles. The highest BCUT2D eigenvalue weighted by Crippen LogP contribution is 2.36. The van der Waals surface area contributed by atoms with Crippen LogP contribution in [0.3, 0.4) is 0 Å². The molecule has 1 aliphatic carbocycles. The molecule has 6 atom stereocenters. The third-order valence-corrected chi connectivity index (χ3v) is 11.2. The second-order valence-electron chi connectivity index (χ2n) is 18.8. The lowest BCUT2D eigenvalue weighted by Crippen LogP contribution is -2.63. The van der Waals surface area contributed by atoms with Crippen LogP contribution in [-0.2, 0) is 43.2 Å². The Labute approximate surface area is 402 Å². The number of rotatable bonds is 27. The molecule has 1 aliphatic rings. The number of guanidine groups is 1. The van der Waals surface area contributed by atoms with Gasteiger partial charge in [-0.1, -0.05) is 34.6 Å². The Balaban J connectivity index is 3.31. The number of allylic oxidation sites excluding steroid dienone is 2. The van der Waals surface area contributed by atoms with Crippen molar-refractivity contribution in [2.24, 2.45) is 43.7 Å². The van der Waals surface area contributed by atoms with Gasteiger partial charge in [0.1, 0.15) is 41.5 Å². The van der Waals surface area contributed by atoms with Crippen molar-refractivity contribution in [3.63, 3.8) is 0 Å². The van der Waals surface area contributed by atoms with Crippen LogP contribution in [0.4, 0.5) is 0 Å². The molecule has 7 amide bonds. The molecule has 1 rings (SSSR count). The number of carboxylic acids is 1. The molecule has 0 unspecified atom stereocenters. The van der Waals surface area contributed by atoms with Crippen LogP contribution < -0.4 is 54.8 Å². The number of carboxylic acid groups (broad SMARTS) is 1. The summed E-state index contributed by atoms with van der Waals surface area (Å²) in [6, 6.07) is -8.11. The number of amides is 7. The first-order chi connectivity index (χ1) is 30.9. The molecule has 0 aliphatic heterocycles. The number of carbonyl (C=O) groups excluding carboxylic acids is 8. The number of nitrogens with zero attached hydrogens (tertiary/aromatic N) is 2. The smallest absolute Gasteiger partial charge is 0.326 e. The molecule has 67 heavy (non-hydrogen) atoms. The maximum absolute atomic E-state index is 13.9. The number of hydrogen-bond acceptors (Lipinski definition) is 15. The first kappa shape index (κ1) is 59.6. The number of aliphatic hydroxyl groups is 1. The van der Waals surface area contributed by atoms with E-state index >= 15 is 0 Å². The van der Waals surface area contributed by atoms with Crippen molar-refractivity contribution >= 4 is 90.0 Å². The van der Waals surface area contributed by atoms with E-state index in [9.17, 15) is 53.4 Å². The van der Waals surface area contributed by atoms with Crippen molar-refractivity contribution in [1.82, 2.24) is 31.9 Å². The summed E-state index contributed by atoms with van der Waals surface area (Å²) in [6.07, 6.45) is 0.694. The summed E-state index contributed by atoms with van der Waals surface area (Å²) >= 11 is 8.17. The van der Waals surface area contributed by atoms with E-state index in [0.717, 1.165) is 0 Å². The maximum atomic E-state index is 13.9. The van der Waals surface area contributed by atoms with Crippen LogP contribution in [-0.4, -0.2) is 141 Å². The number of nitrogens with two attached hydrogens (primary N) is 4. The minimum Gasteiger partial charge on any atom is -0.511 e. The number of ketones is 1. The minimum atomic E-state index is -1.85. The van der Waals surface area contributed by atoms with E-state index in [-0.39, 0.29) is 78.8 Å². The number of aliphatic carboxylic acids is 1. The zero-order valence-electron chi connectivity index (χ0n) is 39.6. The van der Waals surface area contributed by atoms with Gasteiger partial charge in [-0.3, -0.25) is 48.3 Å². The highest BCUT2D eigenvalue weighted by atomic mass is 32.1. The number of aliphatic hydroxyl groups excluding tert-OH is 1. The summed E-state index contributed by atoms with van der Waals surface area (Å²) in [7, 11) is 0. The third-order valence-electron chi connectivity index (χ3n) is 10.5. The fourth-order valence-electron chi connectivity index (χ4n) is 6.72. The maximum Gasteiger partial charge on any atom is 0.326 e. The SMILES string of the molecule is CC(=NCCCC[C@H](NC(=O)[C@@H](N)CS)C(=O)N[C@@H](CCCN=C(N)N)C(=O)NC(C)(C)C(=O)N[C@@H](CC(N)=O)C(=O)N[C@@H](CS)C(=O)N[C@H](C(=O)O)C(C)(C)C)C1=C(O)CC(C)(C)CC1=O. The van der Waals surface area contributed by atoms with E-state index in [1.807, 2.05) is 13.8 Å². The van der Waals surface area contributed by atoms with Crippen LogP contribution in [0, 0.1) is 10.8 Å². The Morgan fingerprint density at radius 3 is 1.76 bits per heavy atom. The van der Waals surface area contributed by atoms with Gasteiger partial charge < -0.3 is 65.0 Å². The molecule has 0 bridgehead atoms. The van der Waals surface area contributed by atoms with Crippen LogP contribution in [0.5, 0.6) is 0 Å². The number of unbranched alkanes of at least 4 members (excludes halogenated alkanes) is 1. The summed E-state index contributed by atoms with van der Waals surface area (Å²) in [6.45, 7) is 13.0. The number of hydrogen-bond donors (Lipinski definition) is 14. The normalized spacial score (nSPS) is 16.8. The monoisotopic (exact) mass is 984 g/mol.